The molecule has 0 spiro atoms. The first-order valence-corrected chi connectivity index (χ1v) is 7.83. The van der Waals surface area contributed by atoms with E-state index in [0.29, 0.717) is 17.4 Å². The fourth-order valence-electron chi connectivity index (χ4n) is 1.01. The Balaban J connectivity index is 2.99. The van der Waals surface area contributed by atoms with Crippen molar-refractivity contribution >= 4 is 39.1 Å². The van der Waals surface area contributed by atoms with Gasteiger partial charge in [0, 0.05) is 0 Å². The van der Waals surface area contributed by atoms with E-state index in [9.17, 15) is 0 Å². The minimum Gasteiger partial charge on any atom is -0.395 e. The van der Waals surface area contributed by atoms with Crippen LogP contribution in [-0.2, 0) is 4.84 Å². The van der Waals surface area contributed by atoms with Crippen LogP contribution in [0.4, 0.5) is 0 Å². The lowest BCUT2D eigenvalue weighted by Gasteiger charge is -2.04. The molecule has 0 fully saturated rings. The molecular formula is C10H11ClN4OS2. The quantitative estimate of drug-likeness (QED) is 0.348. The van der Waals surface area contributed by atoms with Gasteiger partial charge in [-0.05, 0) is 35.5 Å². The van der Waals surface area contributed by atoms with Crippen LogP contribution in [0.2, 0.25) is 0 Å². The minimum absolute atomic E-state index is 0.115. The highest BCUT2D eigenvalue weighted by molar-refractivity contribution is 8.29. The summed E-state index contributed by atoms with van der Waals surface area (Å²) in [5.74, 6) is 0. The zero-order valence-electron chi connectivity index (χ0n) is 9.88. The van der Waals surface area contributed by atoms with Crippen LogP contribution in [0.5, 0.6) is 0 Å². The van der Waals surface area contributed by atoms with Crippen molar-refractivity contribution < 1.29 is 4.84 Å². The summed E-state index contributed by atoms with van der Waals surface area (Å²) in [5.41, 5.74) is 1.31. The Labute approximate surface area is 118 Å². The van der Waals surface area contributed by atoms with E-state index in [1.165, 1.54) is 28.9 Å². The Hall–Kier alpha value is -0.970. The molecule has 1 rings (SSSR count). The number of nitrogens with zero attached hydrogens (tertiary/aromatic N) is 4. The van der Waals surface area contributed by atoms with Crippen molar-refractivity contribution in [3.63, 3.8) is 0 Å². The number of oxime groups is 1. The number of thioether (sulfide) groups is 1. The Bertz CT molecular complexity index is 475. The first-order valence-electron chi connectivity index (χ1n) is 5.03. The smallest absolute Gasteiger partial charge is 0.206 e. The second-order valence-electron chi connectivity index (χ2n) is 2.99. The maximum atomic E-state index is 8.98. The molecule has 0 atom stereocenters. The second-order valence-corrected chi connectivity index (χ2v) is 5.48. The molecule has 0 aliphatic carbocycles. The highest BCUT2D eigenvalue weighted by Gasteiger charge is 2.10. The standard InChI is InChI=1S/C10H11ClN4OS2/c1-3-16-15-8(4-12)9-5-13-7(2)10(14-9)17-6-18-11/h5H,3,6H2,1-2H3/b15-8+. The molecule has 1 aromatic heterocycles. The van der Waals surface area contributed by atoms with Crippen LogP contribution >= 0.6 is 33.4 Å². The fraction of sp³-hybridized carbons (Fsp3) is 0.400. The Morgan fingerprint density at radius 1 is 1.67 bits per heavy atom. The summed E-state index contributed by atoms with van der Waals surface area (Å²) in [6.45, 7) is 4.04. The molecule has 8 heteroatoms. The normalized spacial score (nSPS) is 11.1. The van der Waals surface area contributed by atoms with Crippen molar-refractivity contribution in [3.8, 4) is 6.07 Å². The van der Waals surface area contributed by atoms with Crippen LogP contribution in [0.15, 0.2) is 16.4 Å². The predicted molar refractivity (Wildman–Crippen MR) is 74.7 cm³/mol. The van der Waals surface area contributed by atoms with E-state index in [1.54, 1.807) is 6.92 Å². The van der Waals surface area contributed by atoms with Gasteiger partial charge in [-0.1, -0.05) is 16.9 Å². The van der Waals surface area contributed by atoms with E-state index in [4.69, 9.17) is 20.8 Å². The van der Waals surface area contributed by atoms with Crippen LogP contribution in [0, 0.1) is 18.3 Å². The van der Waals surface area contributed by atoms with Gasteiger partial charge in [-0.3, -0.25) is 4.98 Å². The van der Waals surface area contributed by atoms with Crippen LogP contribution in [-0.4, -0.2) is 27.4 Å². The summed E-state index contributed by atoms with van der Waals surface area (Å²) < 4.78 is 0. The molecule has 96 valence electrons. The number of rotatable bonds is 6. The molecule has 0 N–H and O–H groups in total. The summed E-state index contributed by atoms with van der Waals surface area (Å²) in [4.78, 5) is 13.4. The van der Waals surface area contributed by atoms with Gasteiger partial charge >= 0.3 is 0 Å². The minimum atomic E-state index is 0.115. The molecule has 0 radical (unpaired) electrons. The Morgan fingerprint density at radius 3 is 3.06 bits per heavy atom. The Kier molecular flexibility index (Phi) is 6.86. The number of hydrogen-bond donors (Lipinski definition) is 0. The molecule has 0 amide bonds. The molecule has 0 bridgehead atoms. The van der Waals surface area contributed by atoms with Gasteiger partial charge in [0.25, 0.3) is 0 Å². The van der Waals surface area contributed by atoms with Crippen molar-refractivity contribution in [2.24, 2.45) is 5.16 Å². The third-order valence-electron chi connectivity index (χ3n) is 1.79. The molecule has 0 aromatic carbocycles. The van der Waals surface area contributed by atoms with Crippen LogP contribution in [0.3, 0.4) is 0 Å². The molecular weight excluding hydrogens is 292 g/mol. The molecule has 0 saturated carbocycles. The van der Waals surface area contributed by atoms with Crippen LogP contribution < -0.4 is 0 Å². The van der Waals surface area contributed by atoms with Gasteiger partial charge in [0.1, 0.15) is 23.4 Å². The van der Waals surface area contributed by atoms with Crippen molar-refractivity contribution in [2.45, 2.75) is 18.9 Å². The lowest BCUT2D eigenvalue weighted by Crippen LogP contribution is -2.05. The molecule has 18 heavy (non-hydrogen) atoms. The monoisotopic (exact) mass is 302 g/mol. The summed E-state index contributed by atoms with van der Waals surface area (Å²) >= 11 is 1.47. The summed E-state index contributed by atoms with van der Waals surface area (Å²) in [5, 5.41) is 14.1. The lowest BCUT2D eigenvalue weighted by molar-refractivity contribution is 0.159. The highest BCUT2D eigenvalue weighted by atomic mass is 35.7. The summed E-state index contributed by atoms with van der Waals surface area (Å²) in [7, 11) is 6.74. The SMILES string of the molecule is CCO/N=C(\C#N)c1cnc(C)c(SCSCl)n1. The first-order chi connectivity index (χ1) is 8.72. The largest absolute Gasteiger partial charge is 0.395 e. The van der Waals surface area contributed by atoms with E-state index < -0.39 is 0 Å². The molecule has 0 unspecified atom stereocenters. The van der Waals surface area contributed by atoms with E-state index >= 15 is 0 Å². The average molecular weight is 303 g/mol. The van der Waals surface area contributed by atoms with E-state index in [0.717, 1.165) is 10.7 Å². The van der Waals surface area contributed by atoms with E-state index in [-0.39, 0.29) is 5.71 Å². The third kappa shape index (κ3) is 4.37. The maximum absolute atomic E-state index is 8.98. The van der Waals surface area contributed by atoms with Crippen molar-refractivity contribution in [2.75, 3.05) is 11.7 Å². The van der Waals surface area contributed by atoms with Crippen molar-refractivity contribution in [1.29, 1.82) is 5.26 Å². The topological polar surface area (TPSA) is 71.2 Å². The Morgan fingerprint density at radius 2 is 2.44 bits per heavy atom. The third-order valence-corrected chi connectivity index (χ3v) is 4.08. The molecule has 1 aromatic rings. The molecule has 0 aliphatic rings. The number of aromatic nitrogens is 2. The molecule has 0 saturated heterocycles. The number of aryl methyl sites for hydroxylation is 1. The van der Waals surface area contributed by atoms with E-state index in [2.05, 4.69) is 15.1 Å². The highest BCUT2D eigenvalue weighted by Crippen LogP contribution is 2.24. The summed E-state index contributed by atoms with van der Waals surface area (Å²) in [6.07, 6.45) is 1.51. The maximum Gasteiger partial charge on any atom is 0.206 e. The van der Waals surface area contributed by atoms with Crippen LogP contribution in [0.25, 0.3) is 0 Å². The molecule has 0 aliphatic heterocycles. The fourth-order valence-corrected chi connectivity index (χ4v) is 2.46. The number of nitriles is 1. The van der Waals surface area contributed by atoms with Crippen molar-refractivity contribution in [3.05, 3.63) is 17.6 Å². The zero-order chi connectivity index (χ0) is 13.4. The van der Waals surface area contributed by atoms with Crippen molar-refractivity contribution in [1.82, 2.24) is 9.97 Å². The van der Waals surface area contributed by atoms with Gasteiger partial charge in [-0.15, -0.1) is 0 Å². The number of hydrogen-bond acceptors (Lipinski definition) is 7. The van der Waals surface area contributed by atoms with Gasteiger partial charge in [-0.2, -0.15) is 5.26 Å². The zero-order valence-corrected chi connectivity index (χ0v) is 12.3. The number of halogens is 1. The van der Waals surface area contributed by atoms with E-state index in [1.807, 2.05) is 13.0 Å². The average Bonchev–Trinajstić information content (AvgIpc) is 2.39. The molecule has 5 nitrogen and oxygen atoms in total. The van der Waals surface area contributed by atoms with Gasteiger partial charge in [0.05, 0.1) is 17.0 Å². The second kappa shape index (κ2) is 8.19. The van der Waals surface area contributed by atoms with Gasteiger partial charge in [-0.25, -0.2) is 4.98 Å². The molecule has 1 heterocycles. The summed E-state index contributed by atoms with van der Waals surface area (Å²) in [6, 6.07) is 1.94. The van der Waals surface area contributed by atoms with Gasteiger partial charge in [0.2, 0.25) is 5.71 Å². The first kappa shape index (κ1) is 15.1. The van der Waals surface area contributed by atoms with Gasteiger partial charge < -0.3 is 4.84 Å². The predicted octanol–water partition coefficient (Wildman–Crippen LogP) is 2.99. The van der Waals surface area contributed by atoms with Crippen LogP contribution in [0.1, 0.15) is 18.3 Å². The van der Waals surface area contributed by atoms with Gasteiger partial charge in [0.15, 0.2) is 0 Å². The lowest BCUT2D eigenvalue weighted by atomic mass is 10.3.